The maximum absolute atomic E-state index is 12.4. The van der Waals surface area contributed by atoms with Gasteiger partial charge < -0.3 is 19.1 Å². The van der Waals surface area contributed by atoms with Crippen LogP contribution in [0.4, 0.5) is 0 Å². The first-order valence-corrected chi connectivity index (χ1v) is 8.16. The maximum atomic E-state index is 12.4. The molecule has 24 heavy (non-hydrogen) atoms. The number of rotatable bonds is 11. The van der Waals surface area contributed by atoms with Gasteiger partial charge in [-0.3, -0.25) is 9.59 Å². The van der Waals surface area contributed by atoms with Gasteiger partial charge in [-0.05, 0) is 30.5 Å². The molecule has 0 unspecified atom stereocenters. The third kappa shape index (κ3) is 7.46. The van der Waals surface area contributed by atoms with Crippen molar-refractivity contribution in [1.82, 2.24) is 4.90 Å². The summed E-state index contributed by atoms with van der Waals surface area (Å²) >= 11 is 0. The highest BCUT2D eigenvalue weighted by Crippen LogP contribution is 2.14. The van der Waals surface area contributed by atoms with Crippen LogP contribution < -0.4 is 4.74 Å². The number of hydrogen-bond donors (Lipinski definition) is 0. The van der Waals surface area contributed by atoms with E-state index < -0.39 is 0 Å². The molecule has 0 aliphatic rings. The average Bonchev–Trinajstić information content (AvgIpc) is 2.62. The predicted octanol–water partition coefficient (Wildman–Crippen LogP) is 2.06. The maximum Gasteiger partial charge on any atom is 0.307 e. The number of hydrogen-bond acceptors (Lipinski definition) is 5. The number of ether oxygens (including phenoxy) is 3. The number of aryl methyl sites for hydroxylation is 1. The van der Waals surface area contributed by atoms with Crippen LogP contribution in [-0.2, 0) is 25.5 Å². The average molecular weight is 337 g/mol. The fourth-order valence-electron chi connectivity index (χ4n) is 2.18. The topological polar surface area (TPSA) is 65.1 Å². The first kappa shape index (κ1) is 20.0. The van der Waals surface area contributed by atoms with Crippen molar-refractivity contribution >= 4 is 11.9 Å². The van der Waals surface area contributed by atoms with Crippen LogP contribution in [0.5, 0.6) is 5.75 Å². The van der Waals surface area contributed by atoms with Crippen molar-refractivity contribution in [1.29, 1.82) is 0 Å². The number of esters is 1. The summed E-state index contributed by atoms with van der Waals surface area (Å²) in [5.41, 5.74) is 1.16. The summed E-state index contributed by atoms with van der Waals surface area (Å²) in [7, 11) is 2.95. The normalized spacial score (nSPS) is 10.3. The molecule has 0 atom stereocenters. The van der Waals surface area contributed by atoms with Gasteiger partial charge in [0.1, 0.15) is 5.75 Å². The molecule has 0 radical (unpaired) electrons. The highest BCUT2D eigenvalue weighted by atomic mass is 16.5. The lowest BCUT2D eigenvalue weighted by Crippen LogP contribution is -2.37. The molecule has 0 spiro atoms. The predicted molar refractivity (Wildman–Crippen MR) is 91.0 cm³/mol. The van der Waals surface area contributed by atoms with E-state index in [2.05, 4.69) is 11.7 Å². The zero-order valence-electron chi connectivity index (χ0n) is 14.7. The van der Waals surface area contributed by atoms with E-state index >= 15 is 0 Å². The number of amides is 1. The van der Waals surface area contributed by atoms with Gasteiger partial charge in [0.25, 0.3) is 5.91 Å². The number of carbonyl (C=O) groups excluding carboxylic acids is 2. The SMILES string of the molecule is CCc1cccc(OCC(=O)N(CCCOC)CCC(=O)OC)c1. The molecule has 0 aliphatic heterocycles. The number of carbonyl (C=O) groups is 2. The molecule has 6 heteroatoms. The minimum Gasteiger partial charge on any atom is -0.484 e. The van der Waals surface area contributed by atoms with Gasteiger partial charge in [0.2, 0.25) is 0 Å². The molecule has 0 fully saturated rings. The van der Waals surface area contributed by atoms with Crippen LogP contribution in [0.15, 0.2) is 24.3 Å². The highest BCUT2D eigenvalue weighted by molar-refractivity contribution is 5.78. The standard InChI is InChI=1S/C18H27NO5/c1-4-15-7-5-8-16(13-15)24-14-17(20)19(10-6-12-22-2)11-9-18(21)23-3/h5,7-8,13H,4,6,9-12,14H2,1-3H3. The zero-order valence-corrected chi connectivity index (χ0v) is 14.7. The smallest absolute Gasteiger partial charge is 0.307 e. The van der Waals surface area contributed by atoms with E-state index in [1.165, 1.54) is 7.11 Å². The fourth-order valence-corrected chi connectivity index (χ4v) is 2.18. The summed E-state index contributed by atoms with van der Waals surface area (Å²) in [5.74, 6) is 0.181. The summed E-state index contributed by atoms with van der Waals surface area (Å²) in [6.45, 7) is 3.40. The van der Waals surface area contributed by atoms with Crippen molar-refractivity contribution in [3.05, 3.63) is 29.8 Å². The monoisotopic (exact) mass is 337 g/mol. The van der Waals surface area contributed by atoms with Gasteiger partial charge in [-0.15, -0.1) is 0 Å². The van der Waals surface area contributed by atoms with Gasteiger partial charge >= 0.3 is 5.97 Å². The molecule has 1 aromatic rings. The molecule has 0 saturated heterocycles. The molecule has 1 aromatic carbocycles. The molecule has 1 rings (SSSR count). The van der Waals surface area contributed by atoms with Crippen molar-refractivity contribution in [3.8, 4) is 5.75 Å². The van der Waals surface area contributed by atoms with E-state index in [0.29, 0.717) is 31.9 Å². The molecule has 0 heterocycles. The van der Waals surface area contributed by atoms with E-state index in [4.69, 9.17) is 9.47 Å². The van der Waals surface area contributed by atoms with Crippen molar-refractivity contribution in [2.24, 2.45) is 0 Å². The first-order chi connectivity index (χ1) is 11.6. The summed E-state index contributed by atoms with van der Waals surface area (Å²) in [5, 5.41) is 0. The van der Waals surface area contributed by atoms with Crippen molar-refractivity contribution in [3.63, 3.8) is 0 Å². The molecular formula is C18H27NO5. The molecule has 0 bridgehead atoms. The molecule has 0 aromatic heterocycles. The van der Waals surface area contributed by atoms with Crippen LogP contribution in [0, 0.1) is 0 Å². The van der Waals surface area contributed by atoms with Crippen molar-refractivity contribution in [2.75, 3.05) is 40.5 Å². The Morgan fingerprint density at radius 3 is 2.62 bits per heavy atom. The molecule has 6 nitrogen and oxygen atoms in total. The van der Waals surface area contributed by atoms with Crippen LogP contribution in [0.2, 0.25) is 0 Å². The van der Waals surface area contributed by atoms with Crippen LogP contribution >= 0.6 is 0 Å². The minimum absolute atomic E-state index is 0.0542. The van der Waals surface area contributed by atoms with Gasteiger partial charge in [-0.1, -0.05) is 19.1 Å². The quantitative estimate of drug-likeness (QED) is 0.457. The Morgan fingerprint density at radius 1 is 1.17 bits per heavy atom. The van der Waals surface area contributed by atoms with Gasteiger partial charge in [0.05, 0.1) is 13.5 Å². The molecule has 0 saturated carbocycles. The van der Waals surface area contributed by atoms with E-state index in [9.17, 15) is 9.59 Å². The first-order valence-electron chi connectivity index (χ1n) is 8.16. The Hall–Kier alpha value is -2.08. The Morgan fingerprint density at radius 2 is 1.96 bits per heavy atom. The van der Waals surface area contributed by atoms with Crippen LogP contribution in [0.1, 0.15) is 25.3 Å². The Kier molecular flexibility index (Phi) is 9.53. The van der Waals surface area contributed by atoms with Crippen molar-refractivity contribution in [2.45, 2.75) is 26.2 Å². The minimum atomic E-state index is -0.337. The fraction of sp³-hybridized carbons (Fsp3) is 0.556. The lowest BCUT2D eigenvalue weighted by atomic mass is 10.2. The van der Waals surface area contributed by atoms with E-state index in [1.807, 2.05) is 24.3 Å². The lowest BCUT2D eigenvalue weighted by molar-refractivity contribution is -0.142. The zero-order chi connectivity index (χ0) is 17.8. The summed E-state index contributed by atoms with van der Waals surface area (Å²) in [6, 6.07) is 7.68. The summed E-state index contributed by atoms with van der Waals surface area (Å²) in [4.78, 5) is 25.3. The third-order valence-corrected chi connectivity index (χ3v) is 3.61. The number of nitrogens with zero attached hydrogens (tertiary/aromatic N) is 1. The van der Waals surface area contributed by atoms with Crippen LogP contribution in [0.3, 0.4) is 0 Å². The molecule has 134 valence electrons. The van der Waals surface area contributed by atoms with Crippen LogP contribution in [0.25, 0.3) is 0 Å². The number of methoxy groups -OCH3 is 2. The molecule has 1 amide bonds. The van der Waals surface area contributed by atoms with Crippen LogP contribution in [-0.4, -0.2) is 57.3 Å². The Labute approximate surface area is 143 Å². The van der Waals surface area contributed by atoms with Gasteiger partial charge in [-0.25, -0.2) is 0 Å². The summed E-state index contributed by atoms with van der Waals surface area (Å²) in [6.07, 6.45) is 1.78. The second-order valence-electron chi connectivity index (χ2n) is 5.34. The molecular weight excluding hydrogens is 310 g/mol. The Balaban J connectivity index is 2.56. The van der Waals surface area contributed by atoms with Gasteiger partial charge in [-0.2, -0.15) is 0 Å². The largest absolute Gasteiger partial charge is 0.484 e. The van der Waals surface area contributed by atoms with E-state index in [0.717, 1.165) is 12.0 Å². The van der Waals surface area contributed by atoms with Crippen molar-refractivity contribution < 1.29 is 23.8 Å². The lowest BCUT2D eigenvalue weighted by Gasteiger charge is -2.22. The second-order valence-corrected chi connectivity index (χ2v) is 5.34. The Bertz CT molecular complexity index is 518. The van der Waals surface area contributed by atoms with Gasteiger partial charge in [0.15, 0.2) is 6.61 Å². The molecule has 0 N–H and O–H groups in total. The second kappa shape index (κ2) is 11.5. The number of benzene rings is 1. The highest BCUT2D eigenvalue weighted by Gasteiger charge is 2.16. The van der Waals surface area contributed by atoms with E-state index in [-0.39, 0.29) is 24.9 Å². The van der Waals surface area contributed by atoms with E-state index in [1.54, 1.807) is 12.0 Å². The third-order valence-electron chi connectivity index (χ3n) is 3.61. The van der Waals surface area contributed by atoms with Gasteiger partial charge in [0, 0.05) is 26.8 Å². The molecule has 0 aliphatic carbocycles. The summed E-state index contributed by atoms with van der Waals surface area (Å²) < 4.78 is 15.2.